The number of fused-ring (bicyclic) bond motifs is 1. The number of nitrogens with zero attached hydrogens (tertiary/aromatic N) is 2. The minimum Gasteiger partial charge on any atom is -0.359 e. The molecular formula is C17H23N3O2S. The Morgan fingerprint density at radius 1 is 1.22 bits per heavy atom. The molecule has 2 heterocycles. The van der Waals surface area contributed by atoms with Gasteiger partial charge in [0.05, 0.1) is 12.2 Å². The molecule has 0 saturated carbocycles. The Balaban J connectivity index is 1.58. The molecule has 2 aliphatic rings. The molecule has 3 rings (SSSR count). The second kappa shape index (κ2) is 7.36. The smallest absolute Gasteiger partial charge is 0.241 e. The number of thioether (sulfide) groups is 1. The summed E-state index contributed by atoms with van der Waals surface area (Å²) in [6.07, 6.45) is 1.67. The second-order valence-electron chi connectivity index (χ2n) is 6.03. The predicted octanol–water partition coefficient (Wildman–Crippen LogP) is 1.58. The van der Waals surface area contributed by atoms with Crippen molar-refractivity contribution in [2.24, 2.45) is 5.92 Å². The van der Waals surface area contributed by atoms with Gasteiger partial charge in [0.2, 0.25) is 11.8 Å². The monoisotopic (exact) mass is 333 g/mol. The maximum Gasteiger partial charge on any atom is 0.241 e. The number of likely N-dealkylation sites (tertiary alicyclic amines) is 1. The third-order valence-electron chi connectivity index (χ3n) is 4.59. The van der Waals surface area contributed by atoms with E-state index in [0.29, 0.717) is 6.54 Å². The molecule has 0 bridgehead atoms. The summed E-state index contributed by atoms with van der Waals surface area (Å²) in [5, 5.41) is 2.72. The van der Waals surface area contributed by atoms with Crippen molar-refractivity contribution in [3.8, 4) is 0 Å². The minimum absolute atomic E-state index is 0.0958. The fourth-order valence-electron chi connectivity index (χ4n) is 3.26. The topological polar surface area (TPSA) is 52.7 Å². The SMILES string of the molecule is CNC(=O)C1CCN(CC(=O)N2CCSc3ccccc32)CC1. The molecule has 6 heteroatoms. The fourth-order valence-corrected chi connectivity index (χ4v) is 4.26. The molecule has 2 amide bonds. The zero-order valence-corrected chi connectivity index (χ0v) is 14.3. The average Bonchev–Trinajstić information content (AvgIpc) is 2.61. The largest absolute Gasteiger partial charge is 0.359 e. The number of nitrogens with one attached hydrogen (secondary N) is 1. The molecule has 0 aliphatic carbocycles. The highest BCUT2D eigenvalue weighted by atomic mass is 32.2. The van der Waals surface area contributed by atoms with Crippen LogP contribution in [0.15, 0.2) is 29.2 Å². The summed E-state index contributed by atoms with van der Waals surface area (Å²) in [7, 11) is 1.68. The fraction of sp³-hybridized carbons (Fsp3) is 0.529. The van der Waals surface area contributed by atoms with E-state index < -0.39 is 0 Å². The van der Waals surface area contributed by atoms with Gasteiger partial charge >= 0.3 is 0 Å². The van der Waals surface area contributed by atoms with Crippen molar-refractivity contribution in [2.45, 2.75) is 17.7 Å². The highest BCUT2D eigenvalue weighted by molar-refractivity contribution is 7.99. The van der Waals surface area contributed by atoms with Gasteiger partial charge in [-0.2, -0.15) is 0 Å². The molecule has 1 fully saturated rings. The lowest BCUT2D eigenvalue weighted by molar-refractivity contribution is -0.126. The van der Waals surface area contributed by atoms with E-state index >= 15 is 0 Å². The van der Waals surface area contributed by atoms with Crippen molar-refractivity contribution in [1.29, 1.82) is 0 Å². The Morgan fingerprint density at radius 3 is 2.70 bits per heavy atom. The van der Waals surface area contributed by atoms with Gasteiger partial charge in [0.1, 0.15) is 0 Å². The van der Waals surface area contributed by atoms with Gasteiger partial charge in [0, 0.05) is 30.2 Å². The first-order chi connectivity index (χ1) is 11.2. The molecule has 0 atom stereocenters. The number of rotatable bonds is 3. The molecule has 0 spiro atoms. The van der Waals surface area contributed by atoms with Crippen LogP contribution in [0.1, 0.15) is 12.8 Å². The maximum atomic E-state index is 12.7. The van der Waals surface area contributed by atoms with Crippen LogP contribution in [0.2, 0.25) is 0 Å². The van der Waals surface area contributed by atoms with Crippen LogP contribution in [-0.2, 0) is 9.59 Å². The van der Waals surface area contributed by atoms with Crippen molar-refractivity contribution < 1.29 is 9.59 Å². The number of hydrogen-bond donors (Lipinski definition) is 1. The summed E-state index contributed by atoms with van der Waals surface area (Å²) >= 11 is 1.81. The Labute approximate surface area is 141 Å². The number of carbonyl (C=O) groups is 2. The third kappa shape index (κ3) is 3.70. The minimum atomic E-state index is 0.0958. The van der Waals surface area contributed by atoms with Crippen molar-refractivity contribution >= 4 is 29.3 Å². The molecule has 0 aromatic heterocycles. The lowest BCUT2D eigenvalue weighted by atomic mass is 9.96. The van der Waals surface area contributed by atoms with Gasteiger partial charge in [-0.15, -0.1) is 11.8 Å². The number of piperidine rings is 1. The Morgan fingerprint density at radius 2 is 1.96 bits per heavy atom. The molecular weight excluding hydrogens is 310 g/mol. The van der Waals surface area contributed by atoms with Crippen molar-refractivity contribution in [1.82, 2.24) is 10.2 Å². The Bertz CT molecular complexity index is 585. The summed E-state index contributed by atoms with van der Waals surface area (Å²) in [6, 6.07) is 8.11. The number of carbonyl (C=O) groups excluding carboxylic acids is 2. The van der Waals surface area contributed by atoms with Gasteiger partial charge in [0.15, 0.2) is 0 Å². The van der Waals surface area contributed by atoms with E-state index in [1.165, 1.54) is 4.90 Å². The van der Waals surface area contributed by atoms with Gasteiger partial charge < -0.3 is 10.2 Å². The Hall–Kier alpha value is -1.53. The van der Waals surface area contributed by atoms with E-state index in [9.17, 15) is 9.59 Å². The summed E-state index contributed by atoms with van der Waals surface area (Å²) in [5.74, 6) is 1.33. The number of anilines is 1. The first kappa shape index (κ1) is 16.3. The highest BCUT2D eigenvalue weighted by Crippen LogP contribution is 2.34. The van der Waals surface area contributed by atoms with Crippen molar-refractivity contribution in [3.63, 3.8) is 0 Å². The highest BCUT2D eigenvalue weighted by Gasteiger charge is 2.28. The van der Waals surface area contributed by atoms with Gasteiger partial charge in [-0.3, -0.25) is 14.5 Å². The quantitative estimate of drug-likeness (QED) is 0.913. The molecule has 1 aromatic carbocycles. The van der Waals surface area contributed by atoms with Crippen LogP contribution in [0.25, 0.3) is 0 Å². The van der Waals surface area contributed by atoms with Crippen molar-refractivity contribution in [2.75, 3.05) is 43.9 Å². The van der Waals surface area contributed by atoms with Crippen molar-refractivity contribution in [3.05, 3.63) is 24.3 Å². The number of hydrogen-bond acceptors (Lipinski definition) is 4. The van der Waals surface area contributed by atoms with Crippen LogP contribution >= 0.6 is 11.8 Å². The third-order valence-corrected chi connectivity index (χ3v) is 5.64. The number of benzene rings is 1. The van der Waals surface area contributed by atoms with Crippen LogP contribution < -0.4 is 10.2 Å². The zero-order valence-electron chi connectivity index (χ0n) is 13.5. The van der Waals surface area contributed by atoms with Crippen LogP contribution in [0.3, 0.4) is 0 Å². The molecule has 0 unspecified atom stereocenters. The molecule has 5 nitrogen and oxygen atoms in total. The standard InChI is InChI=1S/C17H23N3O2S/c1-18-17(22)13-6-8-19(9-7-13)12-16(21)20-10-11-23-15-5-3-2-4-14(15)20/h2-5,13H,6-12H2,1H3,(H,18,22). The van der Waals surface area contributed by atoms with Crippen LogP contribution in [0, 0.1) is 5.92 Å². The normalized spacial score (nSPS) is 19.3. The van der Waals surface area contributed by atoms with Gasteiger partial charge in [0.25, 0.3) is 0 Å². The second-order valence-corrected chi connectivity index (χ2v) is 7.16. The predicted molar refractivity (Wildman–Crippen MR) is 92.7 cm³/mol. The summed E-state index contributed by atoms with van der Waals surface area (Å²) in [6.45, 7) is 2.84. The lowest BCUT2D eigenvalue weighted by Crippen LogP contribution is -2.46. The maximum absolute atomic E-state index is 12.7. The van der Waals surface area contributed by atoms with Gasteiger partial charge in [-0.1, -0.05) is 12.1 Å². The van der Waals surface area contributed by atoms with E-state index in [4.69, 9.17) is 0 Å². The first-order valence-electron chi connectivity index (χ1n) is 8.15. The zero-order chi connectivity index (χ0) is 16.2. The average molecular weight is 333 g/mol. The summed E-state index contributed by atoms with van der Waals surface area (Å²) < 4.78 is 0. The lowest BCUT2D eigenvalue weighted by Gasteiger charge is -2.34. The van der Waals surface area contributed by atoms with Crippen LogP contribution in [0.4, 0.5) is 5.69 Å². The number of amides is 2. The van der Waals surface area contributed by atoms with Crippen LogP contribution in [0.5, 0.6) is 0 Å². The number of para-hydroxylation sites is 1. The first-order valence-corrected chi connectivity index (χ1v) is 9.13. The van der Waals surface area contributed by atoms with Gasteiger partial charge in [-0.05, 0) is 38.1 Å². The molecule has 1 saturated heterocycles. The molecule has 1 aromatic rings. The molecule has 124 valence electrons. The van der Waals surface area contributed by atoms with E-state index in [2.05, 4.69) is 16.3 Å². The van der Waals surface area contributed by atoms with E-state index in [1.54, 1.807) is 7.05 Å². The van der Waals surface area contributed by atoms with Crippen LogP contribution in [-0.4, -0.2) is 55.7 Å². The van der Waals surface area contributed by atoms with Gasteiger partial charge in [-0.25, -0.2) is 0 Å². The molecule has 23 heavy (non-hydrogen) atoms. The summed E-state index contributed by atoms with van der Waals surface area (Å²) in [5.41, 5.74) is 1.04. The van der Waals surface area contributed by atoms with E-state index in [0.717, 1.165) is 43.9 Å². The summed E-state index contributed by atoms with van der Waals surface area (Å²) in [4.78, 5) is 29.6. The van der Waals surface area contributed by atoms with E-state index in [-0.39, 0.29) is 17.7 Å². The molecule has 2 aliphatic heterocycles. The van der Waals surface area contributed by atoms with E-state index in [1.807, 2.05) is 34.9 Å². The molecule has 1 N–H and O–H groups in total. The Kier molecular flexibility index (Phi) is 5.23. The molecule has 0 radical (unpaired) electrons.